The Labute approximate surface area is 108 Å². The van der Waals surface area contributed by atoms with E-state index < -0.39 is 0 Å². The number of nitrogens with two attached hydrogens (primary N) is 1. The summed E-state index contributed by atoms with van der Waals surface area (Å²) in [4.78, 5) is 0. The van der Waals surface area contributed by atoms with Crippen LogP contribution in [0, 0.1) is 35.0 Å². The van der Waals surface area contributed by atoms with Crippen LogP contribution in [-0.2, 0) is 0 Å². The quantitative estimate of drug-likeness (QED) is 0.739. The zero-order valence-corrected chi connectivity index (χ0v) is 12.1. The molecule has 0 saturated heterocycles. The summed E-state index contributed by atoms with van der Waals surface area (Å²) in [6.07, 6.45) is 6.41. The molecule has 0 aromatic carbocycles. The van der Waals surface area contributed by atoms with Crippen molar-refractivity contribution in [3.05, 3.63) is 0 Å². The Kier molecular flexibility index (Phi) is 5.53. The van der Waals surface area contributed by atoms with Crippen LogP contribution < -0.4 is 5.73 Å². The van der Waals surface area contributed by atoms with Gasteiger partial charge in [0.05, 0.1) is 0 Å². The maximum absolute atomic E-state index is 5.89. The topological polar surface area (TPSA) is 26.0 Å². The highest BCUT2D eigenvalue weighted by Crippen LogP contribution is 2.36. The van der Waals surface area contributed by atoms with Crippen LogP contribution in [0.1, 0.15) is 59.8 Å². The van der Waals surface area contributed by atoms with Crippen LogP contribution in [0.3, 0.4) is 0 Å². The third-order valence-corrected chi connectivity index (χ3v) is 3.96. The van der Waals surface area contributed by atoms with E-state index in [-0.39, 0.29) is 5.41 Å². The fraction of sp³-hybridized carbons (Fsp3) is 0.875. The summed E-state index contributed by atoms with van der Waals surface area (Å²) in [5, 5.41) is 0. The van der Waals surface area contributed by atoms with Gasteiger partial charge in [0.15, 0.2) is 0 Å². The molecule has 0 heterocycles. The first-order chi connectivity index (χ1) is 7.96. The molecule has 0 aliphatic heterocycles. The van der Waals surface area contributed by atoms with Gasteiger partial charge in [0.25, 0.3) is 0 Å². The van der Waals surface area contributed by atoms with Gasteiger partial charge in [-0.05, 0) is 57.9 Å². The van der Waals surface area contributed by atoms with E-state index in [4.69, 9.17) is 5.73 Å². The van der Waals surface area contributed by atoms with Crippen LogP contribution in [0.25, 0.3) is 0 Å². The summed E-state index contributed by atoms with van der Waals surface area (Å²) < 4.78 is 0. The Morgan fingerprint density at radius 2 is 1.88 bits per heavy atom. The zero-order chi connectivity index (χ0) is 12.9. The lowest BCUT2D eigenvalue weighted by Gasteiger charge is -2.34. The number of hydrogen-bond donors (Lipinski definition) is 1. The highest BCUT2D eigenvalue weighted by molar-refractivity contribution is 5.08. The molecule has 1 nitrogen and oxygen atoms in total. The van der Waals surface area contributed by atoms with Gasteiger partial charge >= 0.3 is 0 Å². The summed E-state index contributed by atoms with van der Waals surface area (Å²) >= 11 is 0. The molecule has 98 valence electrons. The summed E-state index contributed by atoms with van der Waals surface area (Å²) in [7, 11) is 0. The second kappa shape index (κ2) is 6.45. The van der Waals surface area contributed by atoms with Crippen molar-refractivity contribution >= 4 is 0 Å². The third kappa shape index (κ3) is 5.13. The lowest BCUT2D eigenvalue weighted by atomic mass is 9.72. The van der Waals surface area contributed by atoms with E-state index in [9.17, 15) is 0 Å². The van der Waals surface area contributed by atoms with Crippen molar-refractivity contribution in [2.75, 3.05) is 6.54 Å². The minimum atomic E-state index is 0.136. The van der Waals surface area contributed by atoms with Gasteiger partial charge in [0.1, 0.15) is 0 Å². The molecule has 0 bridgehead atoms. The van der Waals surface area contributed by atoms with Crippen LogP contribution in [0.2, 0.25) is 0 Å². The molecule has 17 heavy (non-hydrogen) atoms. The van der Waals surface area contributed by atoms with Gasteiger partial charge in [0.2, 0.25) is 0 Å². The largest absolute Gasteiger partial charge is 0.330 e. The van der Waals surface area contributed by atoms with Crippen molar-refractivity contribution in [2.45, 2.75) is 59.8 Å². The molecular formula is C16H29N. The summed E-state index contributed by atoms with van der Waals surface area (Å²) in [6.45, 7) is 9.69. The molecule has 0 radical (unpaired) electrons. The Balaban J connectivity index is 2.54. The maximum atomic E-state index is 5.89. The second-order valence-corrected chi connectivity index (χ2v) is 6.60. The van der Waals surface area contributed by atoms with E-state index in [2.05, 4.69) is 39.5 Å². The first-order valence-corrected chi connectivity index (χ1v) is 7.16. The summed E-state index contributed by atoms with van der Waals surface area (Å²) in [5.41, 5.74) is 6.03. The average molecular weight is 235 g/mol. The molecule has 0 spiro atoms. The number of rotatable bonds is 3. The molecule has 1 rings (SSSR count). The fourth-order valence-electron chi connectivity index (χ4n) is 2.80. The maximum Gasteiger partial charge on any atom is 0.0230 e. The smallest absolute Gasteiger partial charge is 0.0230 e. The molecule has 0 aromatic rings. The Bertz CT molecular complexity index is 276. The molecule has 1 aliphatic rings. The molecule has 3 unspecified atom stereocenters. The van der Waals surface area contributed by atoms with Crippen LogP contribution in [0.4, 0.5) is 0 Å². The van der Waals surface area contributed by atoms with Gasteiger partial charge in [-0.2, -0.15) is 0 Å². The van der Waals surface area contributed by atoms with E-state index in [0.29, 0.717) is 5.92 Å². The normalized spacial score (nSPS) is 29.6. The minimum Gasteiger partial charge on any atom is -0.330 e. The highest BCUT2D eigenvalue weighted by atomic mass is 14.6. The second-order valence-electron chi connectivity index (χ2n) is 6.60. The monoisotopic (exact) mass is 235 g/mol. The SMILES string of the molecule is CCC1CCC(CN)C(CC#CC(C)(C)C)C1. The van der Waals surface area contributed by atoms with E-state index in [1.54, 1.807) is 0 Å². The lowest BCUT2D eigenvalue weighted by Crippen LogP contribution is -2.30. The van der Waals surface area contributed by atoms with E-state index in [1.165, 1.54) is 25.7 Å². The van der Waals surface area contributed by atoms with Crippen LogP contribution >= 0.6 is 0 Å². The highest BCUT2D eigenvalue weighted by Gasteiger charge is 2.28. The summed E-state index contributed by atoms with van der Waals surface area (Å²) in [6, 6.07) is 0. The molecule has 1 aliphatic carbocycles. The third-order valence-electron chi connectivity index (χ3n) is 3.96. The Morgan fingerprint density at radius 3 is 2.41 bits per heavy atom. The average Bonchev–Trinajstić information content (AvgIpc) is 2.27. The molecule has 0 amide bonds. The van der Waals surface area contributed by atoms with Crippen molar-refractivity contribution in [1.29, 1.82) is 0 Å². The van der Waals surface area contributed by atoms with Crippen LogP contribution in [0.15, 0.2) is 0 Å². The van der Waals surface area contributed by atoms with Crippen molar-refractivity contribution in [1.82, 2.24) is 0 Å². The van der Waals surface area contributed by atoms with Gasteiger partial charge in [-0.1, -0.05) is 25.7 Å². The summed E-state index contributed by atoms with van der Waals surface area (Å²) in [5.74, 6) is 9.13. The molecule has 0 aromatic heterocycles. The Hall–Kier alpha value is -0.480. The Morgan fingerprint density at radius 1 is 1.18 bits per heavy atom. The van der Waals surface area contributed by atoms with Crippen molar-refractivity contribution in [3.8, 4) is 11.8 Å². The van der Waals surface area contributed by atoms with Gasteiger partial charge in [-0.3, -0.25) is 0 Å². The van der Waals surface area contributed by atoms with Crippen molar-refractivity contribution in [3.63, 3.8) is 0 Å². The van der Waals surface area contributed by atoms with Crippen LogP contribution in [-0.4, -0.2) is 6.54 Å². The minimum absolute atomic E-state index is 0.136. The molecule has 2 N–H and O–H groups in total. The van der Waals surface area contributed by atoms with Gasteiger partial charge < -0.3 is 5.73 Å². The number of hydrogen-bond acceptors (Lipinski definition) is 1. The first-order valence-electron chi connectivity index (χ1n) is 7.16. The van der Waals surface area contributed by atoms with E-state index in [1.807, 2.05) is 0 Å². The molecular weight excluding hydrogens is 206 g/mol. The fourth-order valence-corrected chi connectivity index (χ4v) is 2.80. The van der Waals surface area contributed by atoms with Gasteiger partial charge in [-0.25, -0.2) is 0 Å². The molecule has 1 fully saturated rings. The van der Waals surface area contributed by atoms with Gasteiger partial charge in [0, 0.05) is 11.8 Å². The first kappa shape index (κ1) is 14.6. The van der Waals surface area contributed by atoms with Crippen LogP contribution in [0.5, 0.6) is 0 Å². The van der Waals surface area contributed by atoms with E-state index in [0.717, 1.165) is 24.8 Å². The molecule has 3 atom stereocenters. The standard InChI is InChI=1S/C16H29N/c1-5-13-8-9-15(12-17)14(11-13)7-6-10-16(2,3)4/h13-15H,5,7-9,11-12,17H2,1-4H3. The van der Waals surface area contributed by atoms with Crippen molar-refractivity contribution < 1.29 is 0 Å². The van der Waals surface area contributed by atoms with E-state index >= 15 is 0 Å². The lowest BCUT2D eigenvalue weighted by molar-refractivity contribution is 0.184. The zero-order valence-electron chi connectivity index (χ0n) is 12.1. The van der Waals surface area contributed by atoms with Crippen molar-refractivity contribution in [2.24, 2.45) is 28.9 Å². The molecule has 1 heteroatoms. The van der Waals surface area contributed by atoms with Gasteiger partial charge in [-0.15, -0.1) is 5.92 Å². The predicted octanol–water partition coefficient (Wildman–Crippen LogP) is 3.83. The molecule has 1 saturated carbocycles. The predicted molar refractivity (Wildman–Crippen MR) is 75.5 cm³/mol.